The first-order valence-electron chi connectivity index (χ1n) is 13.0. The third kappa shape index (κ3) is 4.61. The molecule has 7 nitrogen and oxygen atoms in total. The number of hydrogen-bond acceptors (Lipinski definition) is 6. The molecule has 0 N–H and O–H groups in total. The minimum absolute atomic E-state index is 0.174. The van der Waals surface area contributed by atoms with Crippen LogP contribution in [0.25, 0.3) is 33.4 Å². The number of carboxylic acids is 1. The summed E-state index contributed by atoms with van der Waals surface area (Å²) in [6.45, 7) is 8.10. The number of rotatable bonds is 3. The molecule has 2 fully saturated rings. The highest BCUT2D eigenvalue weighted by Crippen LogP contribution is 2.41. The van der Waals surface area contributed by atoms with Crippen molar-refractivity contribution in [1.82, 2.24) is 14.4 Å². The monoisotopic (exact) mass is 496 g/mol. The van der Waals surface area contributed by atoms with Gasteiger partial charge in [-0.05, 0) is 43.4 Å². The highest BCUT2D eigenvalue weighted by Gasteiger charge is 2.22. The summed E-state index contributed by atoms with van der Waals surface area (Å²) in [6, 6.07) is 19.9. The summed E-state index contributed by atoms with van der Waals surface area (Å²) in [5.41, 5.74) is 5.19. The van der Waals surface area contributed by atoms with Crippen molar-refractivity contribution in [2.24, 2.45) is 0 Å². The molecule has 0 bridgehead atoms. The average molecular weight is 497 g/mol. The molecule has 4 aliphatic rings. The number of benzene rings is 3. The molecule has 6 rings (SSSR count). The van der Waals surface area contributed by atoms with Gasteiger partial charge in [0, 0.05) is 60.5 Å². The van der Waals surface area contributed by atoms with E-state index in [-0.39, 0.29) is 5.56 Å². The van der Waals surface area contributed by atoms with E-state index in [0.717, 1.165) is 96.8 Å². The fraction of sp³-hybridized carbons (Fsp3) is 0.333. The molecule has 2 aromatic carbocycles. The van der Waals surface area contributed by atoms with Crippen LogP contribution in [-0.4, -0.2) is 82.2 Å². The number of fused-ring (bicyclic) bond motifs is 2. The second-order valence-corrected chi connectivity index (χ2v) is 10.3. The molecule has 190 valence electrons. The maximum absolute atomic E-state index is 11.3. The first-order chi connectivity index (χ1) is 18.0. The van der Waals surface area contributed by atoms with Crippen LogP contribution in [0.3, 0.4) is 0 Å². The van der Waals surface area contributed by atoms with E-state index in [9.17, 15) is 9.90 Å². The van der Waals surface area contributed by atoms with Crippen LogP contribution >= 0.6 is 0 Å². The van der Waals surface area contributed by atoms with Crippen LogP contribution in [0.15, 0.2) is 65.1 Å². The van der Waals surface area contributed by atoms with E-state index in [1.807, 2.05) is 12.1 Å². The van der Waals surface area contributed by atoms with Crippen LogP contribution < -0.4 is 19.9 Å². The van der Waals surface area contributed by atoms with E-state index in [2.05, 4.69) is 69.8 Å². The Morgan fingerprint density at radius 1 is 0.838 bits per heavy atom. The van der Waals surface area contributed by atoms with Gasteiger partial charge in [-0.1, -0.05) is 24.3 Å². The Morgan fingerprint density at radius 2 is 1.54 bits per heavy atom. The van der Waals surface area contributed by atoms with Gasteiger partial charge >= 0.3 is 0 Å². The van der Waals surface area contributed by atoms with Gasteiger partial charge < -0.3 is 24.1 Å². The van der Waals surface area contributed by atoms with Gasteiger partial charge in [0.2, 0.25) is 5.36 Å². The quantitative estimate of drug-likeness (QED) is 0.320. The van der Waals surface area contributed by atoms with Gasteiger partial charge in [-0.25, -0.2) is 4.58 Å². The van der Waals surface area contributed by atoms with Crippen molar-refractivity contribution in [3.8, 4) is 22.5 Å². The topological polar surface area (TPSA) is 66.0 Å². The number of carbonyl (C=O) groups excluding carboxylic acids is 1. The lowest BCUT2D eigenvalue weighted by molar-refractivity contribution is -0.255. The molecule has 2 saturated heterocycles. The van der Waals surface area contributed by atoms with E-state index in [1.165, 1.54) is 0 Å². The molecule has 0 saturated carbocycles. The third-order valence-corrected chi connectivity index (χ3v) is 7.84. The normalized spacial score (nSPS) is 17.6. The second-order valence-electron chi connectivity index (χ2n) is 10.3. The zero-order valence-corrected chi connectivity index (χ0v) is 21.4. The van der Waals surface area contributed by atoms with E-state index >= 15 is 0 Å². The lowest BCUT2D eigenvalue weighted by atomic mass is 9.93. The van der Waals surface area contributed by atoms with E-state index in [4.69, 9.17) is 4.42 Å². The Morgan fingerprint density at radius 3 is 2.24 bits per heavy atom. The van der Waals surface area contributed by atoms with Crippen LogP contribution in [0.1, 0.15) is 10.4 Å². The van der Waals surface area contributed by atoms with E-state index in [0.29, 0.717) is 0 Å². The van der Waals surface area contributed by atoms with Gasteiger partial charge in [-0.15, -0.1) is 0 Å². The molecule has 1 aliphatic carbocycles. The van der Waals surface area contributed by atoms with Gasteiger partial charge in [-0.3, -0.25) is 4.90 Å². The van der Waals surface area contributed by atoms with Crippen molar-refractivity contribution >= 4 is 22.6 Å². The van der Waals surface area contributed by atoms with Gasteiger partial charge in [-0.2, -0.15) is 0 Å². The Balaban J connectivity index is 1.53. The van der Waals surface area contributed by atoms with Crippen molar-refractivity contribution in [1.29, 1.82) is 0 Å². The van der Waals surface area contributed by atoms with E-state index < -0.39 is 5.97 Å². The number of aromatic carboxylic acids is 1. The molecular weight excluding hydrogens is 464 g/mol. The van der Waals surface area contributed by atoms with Crippen LogP contribution in [-0.2, 0) is 0 Å². The fourth-order valence-electron chi connectivity index (χ4n) is 5.47. The number of piperazine rings is 2. The third-order valence-electron chi connectivity index (χ3n) is 7.84. The Bertz CT molecular complexity index is 1490. The molecule has 3 heterocycles. The minimum Gasteiger partial charge on any atom is -0.545 e. The molecule has 2 aromatic rings. The predicted octanol–water partition coefficient (Wildman–Crippen LogP) is 2.04. The number of hydrogen-bond donors (Lipinski definition) is 0. The molecule has 37 heavy (non-hydrogen) atoms. The van der Waals surface area contributed by atoms with Crippen molar-refractivity contribution in [2.45, 2.75) is 0 Å². The number of carbonyl (C=O) groups is 1. The number of nitrogens with zero attached hydrogens (tertiary/aromatic N) is 4. The van der Waals surface area contributed by atoms with Gasteiger partial charge in [0.1, 0.15) is 11.3 Å². The molecule has 3 aliphatic heterocycles. The maximum atomic E-state index is 11.3. The summed E-state index contributed by atoms with van der Waals surface area (Å²) in [5.74, 6) is -0.337. The molecule has 7 heteroatoms. The molecule has 0 unspecified atom stereocenters. The highest BCUT2D eigenvalue weighted by atomic mass is 16.4. The molecule has 0 aromatic heterocycles. The summed E-state index contributed by atoms with van der Waals surface area (Å²) in [4.78, 5) is 18.5. The molecular formula is C30H32N4O3. The summed E-state index contributed by atoms with van der Waals surface area (Å²) < 4.78 is 9.01. The molecule has 0 atom stereocenters. The highest BCUT2D eigenvalue weighted by molar-refractivity contribution is 6.03. The van der Waals surface area contributed by atoms with Crippen LogP contribution in [0.4, 0.5) is 5.69 Å². The van der Waals surface area contributed by atoms with Crippen LogP contribution in [0, 0.1) is 0 Å². The molecule has 0 amide bonds. The first kappa shape index (κ1) is 23.7. The maximum Gasteiger partial charge on any atom is 0.203 e. The summed E-state index contributed by atoms with van der Waals surface area (Å²) in [5, 5.41) is 13.5. The van der Waals surface area contributed by atoms with Crippen molar-refractivity contribution in [3.63, 3.8) is 0 Å². The summed E-state index contributed by atoms with van der Waals surface area (Å²) >= 11 is 0. The second kappa shape index (κ2) is 9.65. The summed E-state index contributed by atoms with van der Waals surface area (Å²) in [7, 11) is 4.32. The van der Waals surface area contributed by atoms with Gasteiger partial charge in [0.25, 0.3) is 0 Å². The van der Waals surface area contributed by atoms with Crippen molar-refractivity contribution < 1.29 is 14.3 Å². The Labute approximate surface area is 216 Å². The number of anilines is 1. The average Bonchev–Trinajstić information content (AvgIpc) is 2.92. The van der Waals surface area contributed by atoms with Crippen molar-refractivity contribution in [2.75, 3.05) is 71.4 Å². The van der Waals surface area contributed by atoms with Gasteiger partial charge in [0.05, 0.1) is 25.1 Å². The Kier molecular flexibility index (Phi) is 6.18. The predicted molar refractivity (Wildman–Crippen MR) is 145 cm³/mol. The fourth-order valence-corrected chi connectivity index (χ4v) is 5.47. The minimum atomic E-state index is -1.17. The van der Waals surface area contributed by atoms with E-state index in [1.54, 1.807) is 12.1 Å². The zero-order valence-electron chi connectivity index (χ0n) is 21.4. The molecule has 0 radical (unpaired) electrons. The lowest BCUT2D eigenvalue weighted by Gasteiger charge is -2.34. The lowest BCUT2D eigenvalue weighted by Crippen LogP contribution is -2.46. The summed E-state index contributed by atoms with van der Waals surface area (Å²) in [6.07, 6.45) is 0. The molecule has 0 spiro atoms. The smallest absolute Gasteiger partial charge is 0.203 e. The first-order valence-corrected chi connectivity index (χ1v) is 13.0. The number of carboxylic acid groups (broad SMARTS) is 1. The van der Waals surface area contributed by atoms with Crippen molar-refractivity contribution in [3.05, 3.63) is 71.6 Å². The van der Waals surface area contributed by atoms with Gasteiger partial charge in [0.15, 0.2) is 13.1 Å². The number of likely N-dealkylation sites (N-methyl/N-ethyl adjacent to an activating group) is 2. The van der Waals surface area contributed by atoms with Crippen LogP contribution in [0.2, 0.25) is 0 Å². The Hall–Kier alpha value is -3.68. The van der Waals surface area contributed by atoms with Crippen LogP contribution in [0.5, 0.6) is 0 Å². The largest absolute Gasteiger partial charge is 0.545 e. The standard InChI is InChI=1S/C30H32N4O3/c1-31-11-15-33(16-12-31)23-7-9-25-27(19-23)37-28-20-24(34-17-13-32(2)14-18-34)8-10-26(28)29(25)21-3-5-22(6-4-21)30(35)36/h3-10,19-20H,11-18H2,1-2H3. The SMILES string of the molecule is CN1CCN(c2ccc3c(-c4ccc(C(=O)[O-])cc4)c4ccc(=[N+]5CCN(C)CC5)cc-4oc3c2)CC1. The zero-order chi connectivity index (χ0) is 25.5.